The van der Waals surface area contributed by atoms with Gasteiger partial charge in [0.25, 0.3) is 0 Å². The van der Waals surface area contributed by atoms with E-state index < -0.39 is 0 Å². The van der Waals surface area contributed by atoms with Gasteiger partial charge in [-0.3, -0.25) is 20.2 Å². The number of hydrogen-bond acceptors (Lipinski definition) is 8. The molecule has 0 aromatic carbocycles. The lowest BCUT2D eigenvalue weighted by Gasteiger charge is -2.45. The third kappa shape index (κ3) is 6.00. The smallest absolute Gasteiger partial charge is 0.226 e. The molecule has 9 nitrogen and oxygen atoms in total. The fraction of sp³-hybridized carbons (Fsp3) is 0.920. The Bertz CT molecular complexity index is 804. The molecule has 2 saturated carbocycles. The summed E-state index contributed by atoms with van der Waals surface area (Å²) in [5, 5.41) is 26.6. The maximum absolute atomic E-state index is 13.6. The van der Waals surface area contributed by atoms with E-state index in [1.807, 2.05) is 0 Å². The highest BCUT2D eigenvalue weighted by Crippen LogP contribution is 2.40. The Morgan fingerprint density at radius 2 is 1.81 bits per heavy atom. The van der Waals surface area contributed by atoms with Crippen molar-refractivity contribution in [2.45, 2.75) is 98.5 Å². The van der Waals surface area contributed by atoms with Crippen molar-refractivity contribution in [1.82, 2.24) is 26.6 Å². The molecule has 0 bridgehead atoms. The van der Waals surface area contributed by atoms with Crippen LogP contribution in [0.15, 0.2) is 0 Å². The highest BCUT2D eigenvalue weighted by molar-refractivity contribution is 8.00. The number of hydrogen-bond donors (Lipinski definition) is 6. The summed E-state index contributed by atoms with van der Waals surface area (Å²) in [7, 11) is 1.75. The Balaban J connectivity index is 1.16. The highest BCUT2D eigenvalue weighted by Gasteiger charge is 2.46. The van der Waals surface area contributed by atoms with E-state index in [-0.39, 0.29) is 64.7 Å². The van der Waals surface area contributed by atoms with E-state index in [1.165, 1.54) is 0 Å². The van der Waals surface area contributed by atoms with Gasteiger partial charge in [-0.2, -0.15) is 0 Å². The standard InChI is InChI=1S/C25H42ClN5O4S/c1-12-5-16(17-9-22(26)28-11-20(17)35-2)18(10-27-12)24(34)31-25-30-19-4-3-13(6-21(19)36-25)23(33)29-14-7-15(32)8-14/h12-22,25,27-28,30,32H,3-11H2,1-2H3,(H,29,33)(H,31,34)/t12?,13-,14?,15?,16?,17?,18?,19?,20?,21?,22?,25?/m0/s1. The SMILES string of the molecule is COC1CNC(Cl)CC1C1CC(C)NCC1C(=O)NC1NC2CC[C@H](C(=O)NC3CC(O)C3)CC2S1. The number of carbonyl (C=O) groups excluding carboxylic acids is 2. The molecule has 3 aliphatic heterocycles. The molecule has 9 unspecified atom stereocenters. The Morgan fingerprint density at radius 1 is 1.00 bits per heavy atom. The molecule has 3 heterocycles. The minimum Gasteiger partial charge on any atom is -0.393 e. The molecular formula is C25H42ClN5O4S. The molecule has 0 aromatic rings. The molecule has 0 aromatic heterocycles. The van der Waals surface area contributed by atoms with Crippen molar-refractivity contribution in [3.8, 4) is 0 Å². The first-order valence-corrected chi connectivity index (χ1v) is 15.0. The van der Waals surface area contributed by atoms with Crippen LogP contribution in [0, 0.1) is 23.7 Å². The Kier molecular flexibility index (Phi) is 8.72. The summed E-state index contributed by atoms with van der Waals surface area (Å²) < 4.78 is 5.80. The predicted molar refractivity (Wildman–Crippen MR) is 140 cm³/mol. The van der Waals surface area contributed by atoms with Crippen LogP contribution in [0.1, 0.15) is 51.9 Å². The third-order valence-corrected chi connectivity index (χ3v) is 10.8. The predicted octanol–water partition coefficient (Wildman–Crippen LogP) is 0.703. The Morgan fingerprint density at radius 3 is 2.56 bits per heavy atom. The van der Waals surface area contributed by atoms with E-state index in [9.17, 15) is 14.7 Å². The molecule has 2 amide bonds. The third-order valence-electron chi connectivity index (χ3n) is 9.09. The van der Waals surface area contributed by atoms with Gasteiger partial charge < -0.3 is 25.8 Å². The number of aliphatic hydroxyl groups is 1. The van der Waals surface area contributed by atoms with E-state index in [0.717, 1.165) is 32.1 Å². The fourth-order valence-electron chi connectivity index (χ4n) is 6.93. The molecule has 204 valence electrons. The van der Waals surface area contributed by atoms with Crippen LogP contribution in [0.25, 0.3) is 0 Å². The molecule has 0 radical (unpaired) electrons. The molecule has 0 spiro atoms. The number of thioether (sulfide) groups is 1. The van der Waals surface area contributed by atoms with Crippen molar-refractivity contribution in [2.75, 3.05) is 20.2 Å². The van der Waals surface area contributed by atoms with Crippen LogP contribution in [0.3, 0.4) is 0 Å². The molecule has 5 fully saturated rings. The first-order valence-electron chi connectivity index (χ1n) is 13.6. The number of rotatable bonds is 6. The van der Waals surface area contributed by atoms with Gasteiger partial charge in [0, 0.05) is 49.5 Å². The highest BCUT2D eigenvalue weighted by atomic mass is 35.5. The van der Waals surface area contributed by atoms with Gasteiger partial charge in [-0.25, -0.2) is 0 Å². The van der Waals surface area contributed by atoms with Crippen molar-refractivity contribution in [1.29, 1.82) is 0 Å². The maximum Gasteiger partial charge on any atom is 0.226 e. The van der Waals surface area contributed by atoms with Crippen LogP contribution in [-0.4, -0.2) is 83.7 Å². The lowest BCUT2D eigenvalue weighted by molar-refractivity contribution is -0.130. The van der Waals surface area contributed by atoms with Crippen molar-refractivity contribution < 1.29 is 19.4 Å². The van der Waals surface area contributed by atoms with E-state index in [4.69, 9.17) is 16.3 Å². The Hall–Kier alpha value is -0.620. The monoisotopic (exact) mass is 543 g/mol. The fourth-order valence-corrected chi connectivity index (χ4v) is 8.76. The molecule has 10 atom stereocenters. The maximum atomic E-state index is 13.6. The van der Waals surface area contributed by atoms with Crippen LogP contribution in [0.4, 0.5) is 0 Å². The van der Waals surface area contributed by atoms with Crippen LogP contribution in [0.5, 0.6) is 0 Å². The zero-order valence-corrected chi connectivity index (χ0v) is 22.8. The number of amides is 2. The zero-order valence-electron chi connectivity index (χ0n) is 21.3. The van der Waals surface area contributed by atoms with Gasteiger partial charge in [0.1, 0.15) is 5.50 Å². The number of carbonyl (C=O) groups is 2. The molecule has 3 saturated heterocycles. The van der Waals surface area contributed by atoms with E-state index in [2.05, 4.69) is 33.5 Å². The van der Waals surface area contributed by atoms with E-state index in [0.29, 0.717) is 43.3 Å². The molecule has 5 aliphatic rings. The van der Waals surface area contributed by atoms with Crippen molar-refractivity contribution in [2.24, 2.45) is 23.7 Å². The average molecular weight is 544 g/mol. The number of aliphatic hydroxyl groups excluding tert-OH is 1. The van der Waals surface area contributed by atoms with Crippen molar-refractivity contribution >= 4 is 35.2 Å². The lowest BCUT2D eigenvalue weighted by Crippen LogP contribution is -2.57. The second-order valence-electron chi connectivity index (χ2n) is 11.5. The average Bonchev–Trinajstić information content (AvgIpc) is 3.24. The summed E-state index contributed by atoms with van der Waals surface area (Å²) in [6.45, 7) is 3.55. The number of methoxy groups -OCH3 is 1. The summed E-state index contributed by atoms with van der Waals surface area (Å²) in [6, 6.07) is 0.793. The number of nitrogens with one attached hydrogen (secondary N) is 5. The van der Waals surface area contributed by atoms with E-state index in [1.54, 1.807) is 18.9 Å². The minimum absolute atomic E-state index is 0.00976. The molecule has 11 heteroatoms. The normalized spacial score (nSPS) is 46.9. The topological polar surface area (TPSA) is 124 Å². The van der Waals surface area contributed by atoms with Gasteiger partial charge in [-0.05, 0) is 63.7 Å². The van der Waals surface area contributed by atoms with Crippen LogP contribution in [0.2, 0.25) is 0 Å². The molecule has 2 aliphatic carbocycles. The number of piperidine rings is 2. The number of ether oxygens (including phenoxy) is 1. The van der Waals surface area contributed by atoms with Crippen LogP contribution in [-0.2, 0) is 14.3 Å². The van der Waals surface area contributed by atoms with Gasteiger partial charge in [0.2, 0.25) is 11.8 Å². The first-order chi connectivity index (χ1) is 17.3. The Labute approximate surface area is 223 Å². The number of fused-ring (bicyclic) bond motifs is 1. The molecular weight excluding hydrogens is 502 g/mol. The van der Waals surface area contributed by atoms with Crippen LogP contribution < -0.4 is 26.6 Å². The zero-order chi connectivity index (χ0) is 25.4. The van der Waals surface area contributed by atoms with E-state index >= 15 is 0 Å². The minimum atomic E-state index is -0.265. The summed E-state index contributed by atoms with van der Waals surface area (Å²) >= 11 is 8.22. The number of alkyl halides is 1. The lowest BCUT2D eigenvalue weighted by atomic mass is 9.70. The quantitative estimate of drug-likeness (QED) is 0.214. The van der Waals surface area contributed by atoms with Gasteiger partial charge in [0.05, 0.1) is 23.6 Å². The van der Waals surface area contributed by atoms with Crippen molar-refractivity contribution in [3.05, 3.63) is 0 Å². The second-order valence-corrected chi connectivity index (χ2v) is 13.4. The molecule has 6 N–H and O–H groups in total. The van der Waals surface area contributed by atoms with Gasteiger partial charge >= 0.3 is 0 Å². The first kappa shape index (κ1) is 27.0. The number of halogens is 1. The van der Waals surface area contributed by atoms with Gasteiger partial charge in [0.15, 0.2) is 0 Å². The van der Waals surface area contributed by atoms with Crippen LogP contribution >= 0.6 is 23.4 Å². The largest absolute Gasteiger partial charge is 0.393 e. The molecule has 36 heavy (non-hydrogen) atoms. The summed E-state index contributed by atoms with van der Waals surface area (Å²) in [4.78, 5) is 26.3. The summed E-state index contributed by atoms with van der Waals surface area (Å²) in [6.07, 6.45) is 5.46. The van der Waals surface area contributed by atoms with Crippen molar-refractivity contribution in [3.63, 3.8) is 0 Å². The van der Waals surface area contributed by atoms with Gasteiger partial charge in [-0.15, -0.1) is 23.4 Å². The second kappa shape index (κ2) is 11.6. The summed E-state index contributed by atoms with van der Waals surface area (Å²) in [5.41, 5.74) is -0.229. The molecule has 5 rings (SSSR count). The summed E-state index contributed by atoms with van der Waals surface area (Å²) in [5.74, 6) is 0.530. The van der Waals surface area contributed by atoms with Gasteiger partial charge in [-0.1, -0.05) is 0 Å².